The van der Waals surface area contributed by atoms with Gasteiger partial charge in [0.05, 0.1) is 0 Å². The standard InChI is InChI=1S/C27H32N2O5/c1-17(2)24(13-25(30)29(15-26(31)32)14-18-11-12-18)28-27(33)34-16-23-21-9-5-3-7-19(21)20-8-4-6-10-22(20)23/h3-10,17-18,23-24H,11-16H2,1-2H3,(H,28,33)(H,31,32)/t24-/m1/s1. The minimum atomic E-state index is -1.03. The average Bonchev–Trinajstić information content (AvgIpc) is 3.57. The lowest BCUT2D eigenvalue weighted by molar-refractivity contribution is -0.145. The van der Waals surface area contributed by atoms with Crippen LogP contribution in [0.4, 0.5) is 4.79 Å². The number of rotatable bonds is 10. The fraction of sp³-hybridized carbons (Fsp3) is 0.444. The van der Waals surface area contributed by atoms with Crippen molar-refractivity contribution < 1.29 is 24.2 Å². The summed E-state index contributed by atoms with van der Waals surface area (Å²) in [6.07, 6.45) is 1.52. The van der Waals surface area contributed by atoms with Gasteiger partial charge in [-0.3, -0.25) is 9.59 Å². The molecule has 0 bridgehead atoms. The van der Waals surface area contributed by atoms with Crippen molar-refractivity contribution in [3.05, 3.63) is 59.7 Å². The molecule has 7 nitrogen and oxygen atoms in total. The van der Waals surface area contributed by atoms with Gasteiger partial charge in [0.2, 0.25) is 5.91 Å². The Labute approximate surface area is 200 Å². The molecular formula is C27H32N2O5. The molecular weight excluding hydrogens is 432 g/mol. The van der Waals surface area contributed by atoms with Crippen LogP contribution in [0.1, 0.15) is 50.2 Å². The second kappa shape index (κ2) is 10.3. The van der Waals surface area contributed by atoms with Crippen LogP contribution in [0.15, 0.2) is 48.5 Å². The van der Waals surface area contributed by atoms with Crippen molar-refractivity contribution in [2.75, 3.05) is 19.7 Å². The number of carboxylic acids is 1. The smallest absolute Gasteiger partial charge is 0.407 e. The summed E-state index contributed by atoms with van der Waals surface area (Å²) >= 11 is 0. The fourth-order valence-corrected chi connectivity index (χ4v) is 4.59. The van der Waals surface area contributed by atoms with Crippen molar-refractivity contribution in [2.45, 2.75) is 45.1 Å². The minimum absolute atomic E-state index is 0.0166. The van der Waals surface area contributed by atoms with E-state index < -0.39 is 18.1 Å². The second-order valence-corrected chi connectivity index (χ2v) is 9.64. The van der Waals surface area contributed by atoms with Crippen molar-refractivity contribution >= 4 is 18.0 Å². The highest BCUT2D eigenvalue weighted by molar-refractivity contribution is 5.82. The van der Waals surface area contributed by atoms with Gasteiger partial charge >= 0.3 is 12.1 Å². The normalized spacial score (nSPS) is 15.4. The third-order valence-corrected chi connectivity index (χ3v) is 6.70. The van der Waals surface area contributed by atoms with Gasteiger partial charge in [-0.2, -0.15) is 0 Å². The molecule has 2 aromatic carbocycles. The van der Waals surface area contributed by atoms with E-state index >= 15 is 0 Å². The van der Waals surface area contributed by atoms with Crippen LogP contribution in [0.3, 0.4) is 0 Å². The first-order chi connectivity index (χ1) is 16.3. The van der Waals surface area contributed by atoms with Crippen molar-refractivity contribution in [1.82, 2.24) is 10.2 Å². The first-order valence-corrected chi connectivity index (χ1v) is 11.9. The number of carbonyl (C=O) groups excluding carboxylic acids is 2. The van der Waals surface area contributed by atoms with E-state index in [-0.39, 0.29) is 37.3 Å². The zero-order chi connectivity index (χ0) is 24.2. The molecule has 180 valence electrons. The van der Waals surface area contributed by atoms with E-state index in [1.165, 1.54) is 4.90 Å². The Morgan fingerprint density at radius 1 is 1.03 bits per heavy atom. The average molecular weight is 465 g/mol. The molecule has 0 aromatic heterocycles. The molecule has 2 aliphatic carbocycles. The van der Waals surface area contributed by atoms with Crippen molar-refractivity contribution in [2.24, 2.45) is 11.8 Å². The number of aliphatic carboxylic acids is 1. The number of benzene rings is 2. The third-order valence-electron chi connectivity index (χ3n) is 6.70. The molecule has 0 saturated heterocycles. The Balaban J connectivity index is 1.37. The van der Waals surface area contributed by atoms with Gasteiger partial charge < -0.3 is 20.1 Å². The number of fused-ring (bicyclic) bond motifs is 3. The zero-order valence-corrected chi connectivity index (χ0v) is 19.7. The largest absolute Gasteiger partial charge is 0.480 e. The van der Waals surface area contributed by atoms with Gasteiger partial charge in [0.25, 0.3) is 0 Å². The van der Waals surface area contributed by atoms with Crippen molar-refractivity contribution in [3.8, 4) is 11.1 Å². The molecule has 4 rings (SSSR count). The van der Waals surface area contributed by atoms with Crippen molar-refractivity contribution in [1.29, 1.82) is 0 Å². The maximum atomic E-state index is 12.9. The Kier molecular flexibility index (Phi) is 7.20. The van der Waals surface area contributed by atoms with E-state index in [1.807, 2.05) is 38.1 Å². The quantitative estimate of drug-likeness (QED) is 0.548. The van der Waals surface area contributed by atoms with Crippen LogP contribution in [0.2, 0.25) is 0 Å². The van der Waals surface area contributed by atoms with E-state index in [9.17, 15) is 19.5 Å². The molecule has 0 unspecified atom stereocenters. The molecule has 1 saturated carbocycles. The fourth-order valence-electron chi connectivity index (χ4n) is 4.59. The van der Waals surface area contributed by atoms with Crippen LogP contribution in [-0.4, -0.2) is 53.7 Å². The maximum Gasteiger partial charge on any atom is 0.407 e. The molecule has 0 heterocycles. The van der Waals surface area contributed by atoms with Crippen LogP contribution in [0.5, 0.6) is 0 Å². The van der Waals surface area contributed by atoms with Crippen molar-refractivity contribution in [3.63, 3.8) is 0 Å². The number of ether oxygens (including phenoxy) is 1. The van der Waals surface area contributed by atoms with Gasteiger partial charge in [0, 0.05) is 24.9 Å². The summed E-state index contributed by atoms with van der Waals surface area (Å²) in [6, 6.07) is 15.8. The Morgan fingerprint density at radius 2 is 1.62 bits per heavy atom. The lowest BCUT2D eigenvalue weighted by Crippen LogP contribution is -2.45. The number of hydrogen-bond donors (Lipinski definition) is 2. The molecule has 0 radical (unpaired) electrons. The van der Waals surface area contributed by atoms with Gasteiger partial charge in [-0.05, 0) is 46.9 Å². The number of nitrogens with one attached hydrogen (secondary N) is 1. The molecule has 7 heteroatoms. The van der Waals surface area contributed by atoms with Crippen LogP contribution in [-0.2, 0) is 14.3 Å². The molecule has 0 spiro atoms. The number of carboxylic acid groups (broad SMARTS) is 1. The molecule has 2 amide bonds. The predicted octanol–water partition coefficient (Wildman–Crippen LogP) is 4.26. The summed E-state index contributed by atoms with van der Waals surface area (Å²) in [4.78, 5) is 38.2. The summed E-state index contributed by atoms with van der Waals surface area (Å²) < 4.78 is 5.63. The Bertz CT molecular complexity index is 1020. The number of alkyl carbamates (subject to hydrolysis) is 1. The summed E-state index contributed by atoms with van der Waals surface area (Å²) in [5, 5.41) is 12.0. The lowest BCUT2D eigenvalue weighted by atomic mass is 9.98. The number of nitrogens with zero attached hydrogens (tertiary/aromatic N) is 1. The minimum Gasteiger partial charge on any atom is -0.480 e. The molecule has 34 heavy (non-hydrogen) atoms. The first-order valence-electron chi connectivity index (χ1n) is 11.9. The first kappa shape index (κ1) is 23.8. The highest BCUT2D eigenvalue weighted by atomic mass is 16.5. The topological polar surface area (TPSA) is 95.9 Å². The van der Waals surface area contributed by atoms with Gasteiger partial charge in [-0.25, -0.2) is 4.79 Å². The molecule has 2 N–H and O–H groups in total. The number of carbonyl (C=O) groups is 3. The molecule has 1 fully saturated rings. The maximum absolute atomic E-state index is 12.9. The summed E-state index contributed by atoms with van der Waals surface area (Å²) in [5.41, 5.74) is 4.59. The van der Waals surface area contributed by atoms with E-state index in [2.05, 4.69) is 29.6 Å². The third kappa shape index (κ3) is 5.58. The monoisotopic (exact) mass is 464 g/mol. The zero-order valence-electron chi connectivity index (χ0n) is 19.7. The highest BCUT2D eigenvalue weighted by Crippen LogP contribution is 2.44. The molecule has 2 aromatic rings. The van der Waals surface area contributed by atoms with E-state index in [0.29, 0.717) is 12.5 Å². The lowest BCUT2D eigenvalue weighted by Gasteiger charge is -2.26. The van der Waals surface area contributed by atoms with Gasteiger partial charge in [0.15, 0.2) is 0 Å². The van der Waals surface area contributed by atoms with Gasteiger partial charge in [-0.1, -0.05) is 62.4 Å². The summed E-state index contributed by atoms with van der Waals surface area (Å²) in [6.45, 7) is 4.19. The molecule has 0 aliphatic heterocycles. The molecule has 2 aliphatic rings. The summed E-state index contributed by atoms with van der Waals surface area (Å²) in [5.74, 6) is -0.957. The number of hydrogen-bond acceptors (Lipinski definition) is 4. The van der Waals surface area contributed by atoms with Crippen LogP contribution < -0.4 is 5.32 Å². The number of amides is 2. The Hall–Kier alpha value is -3.35. The second-order valence-electron chi connectivity index (χ2n) is 9.64. The SMILES string of the molecule is CC(C)[C@@H](CC(=O)N(CC(=O)O)CC1CC1)NC(=O)OCC1c2ccccc2-c2ccccc21. The van der Waals surface area contributed by atoms with E-state index in [0.717, 1.165) is 35.1 Å². The van der Waals surface area contributed by atoms with Crippen LogP contribution in [0, 0.1) is 11.8 Å². The predicted molar refractivity (Wildman–Crippen MR) is 128 cm³/mol. The van der Waals surface area contributed by atoms with Gasteiger partial charge in [-0.15, -0.1) is 0 Å². The van der Waals surface area contributed by atoms with E-state index in [4.69, 9.17) is 4.74 Å². The van der Waals surface area contributed by atoms with Crippen LogP contribution >= 0.6 is 0 Å². The van der Waals surface area contributed by atoms with Gasteiger partial charge in [0.1, 0.15) is 13.2 Å². The highest BCUT2D eigenvalue weighted by Gasteiger charge is 2.31. The Morgan fingerprint density at radius 3 is 2.15 bits per heavy atom. The molecule has 1 atom stereocenters. The van der Waals surface area contributed by atoms with Crippen LogP contribution in [0.25, 0.3) is 11.1 Å². The summed E-state index contributed by atoms with van der Waals surface area (Å²) in [7, 11) is 0. The van der Waals surface area contributed by atoms with E-state index in [1.54, 1.807) is 0 Å².